The van der Waals surface area contributed by atoms with Crippen LogP contribution >= 0.6 is 0 Å². The molecule has 2 rings (SSSR count). The number of hydrogen-bond donors (Lipinski definition) is 0. The maximum Gasteiger partial charge on any atom is 0.171 e. The molecule has 0 aliphatic heterocycles. The average Bonchev–Trinajstić information content (AvgIpc) is 2.38. The van der Waals surface area contributed by atoms with E-state index in [-0.39, 0.29) is 11.2 Å². The van der Waals surface area contributed by atoms with Crippen LogP contribution in [-0.2, 0) is 5.41 Å². The number of fused-ring (bicyclic) bond motifs is 1. The van der Waals surface area contributed by atoms with Crippen LogP contribution in [0.1, 0.15) is 49.3 Å². The van der Waals surface area contributed by atoms with Gasteiger partial charge in [-0.1, -0.05) is 27.7 Å². The van der Waals surface area contributed by atoms with E-state index in [0.29, 0.717) is 11.1 Å². The lowest BCUT2D eigenvalue weighted by atomic mass is 9.69. The van der Waals surface area contributed by atoms with E-state index in [9.17, 15) is 4.79 Å². The van der Waals surface area contributed by atoms with Crippen molar-refractivity contribution < 1.29 is 4.79 Å². The third-order valence-electron chi connectivity index (χ3n) is 3.98. The summed E-state index contributed by atoms with van der Waals surface area (Å²) in [5.74, 6) is 0.0806. The highest BCUT2D eigenvalue weighted by Gasteiger charge is 2.53. The summed E-state index contributed by atoms with van der Waals surface area (Å²) in [4.78, 5) is 16.5. The van der Waals surface area contributed by atoms with Crippen molar-refractivity contribution in [3.63, 3.8) is 0 Å². The topological polar surface area (TPSA) is 53.8 Å². The van der Waals surface area contributed by atoms with Gasteiger partial charge in [-0.3, -0.25) is 9.78 Å². The SMILES string of the molecule is CC1(C)C(=O)c2cc(C#N)cnc2C1(C)C. The van der Waals surface area contributed by atoms with E-state index in [2.05, 4.69) is 4.98 Å². The average molecular weight is 214 g/mol. The lowest BCUT2D eigenvalue weighted by Gasteiger charge is -2.32. The number of Topliss-reactive ketones (excluding diaryl/α,β-unsaturated/α-hetero) is 1. The molecular formula is C13H14N2O. The summed E-state index contributed by atoms with van der Waals surface area (Å²) in [6, 6.07) is 3.67. The molecule has 0 amide bonds. The Labute approximate surface area is 95.1 Å². The molecule has 0 bridgehead atoms. The number of aromatic nitrogens is 1. The largest absolute Gasteiger partial charge is 0.293 e. The first-order chi connectivity index (χ1) is 7.32. The van der Waals surface area contributed by atoms with Crippen LogP contribution in [0.15, 0.2) is 12.3 Å². The highest BCUT2D eigenvalue weighted by atomic mass is 16.1. The number of ketones is 1. The molecule has 1 aromatic rings. The molecule has 0 N–H and O–H groups in total. The predicted molar refractivity (Wildman–Crippen MR) is 60.1 cm³/mol. The van der Waals surface area contributed by atoms with Crippen LogP contribution in [0.5, 0.6) is 0 Å². The lowest BCUT2D eigenvalue weighted by Crippen LogP contribution is -2.36. The van der Waals surface area contributed by atoms with Gasteiger partial charge in [0, 0.05) is 22.6 Å². The molecule has 0 fully saturated rings. The molecule has 1 aliphatic carbocycles. The van der Waals surface area contributed by atoms with Gasteiger partial charge >= 0.3 is 0 Å². The van der Waals surface area contributed by atoms with E-state index in [4.69, 9.17) is 5.26 Å². The minimum atomic E-state index is -0.462. The first-order valence-electron chi connectivity index (χ1n) is 5.28. The molecule has 0 atom stereocenters. The van der Waals surface area contributed by atoms with Crippen molar-refractivity contribution in [3.8, 4) is 6.07 Å². The minimum absolute atomic E-state index is 0.0806. The van der Waals surface area contributed by atoms with Gasteiger partial charge in [0.15, 0.2) is 5.78 Å². The van der Waals surface area contributed by atoms with E-state index >= 15 is 0 Å². The molecule has 1 aliphatic rings. The van der Waals surface area contributed by atoms with E-state index in [1.54, 1.807) is 6.07 Å². The number of hydrogen-bond acceptors (Lipinski definition) is 3. The van der Waals surface area contributed by atoms with Crippen LogP contribution in [0.25, 0.3) is 0 Å². The van der Waals surface area contributed by atoms with Crippen molar-refractivity contribution >= 4 is 5.78 Å². The van der Waals surface area contributed by atoms with Crippen molar-refractivity contribution in [2.24, 2.45) is 5.41 Å². The van der Waals surface area contributed by atoms with Crippen LogP contribution in [0.4, 0.5) is 0 Å². The zero-order valence-corrected chi connectivity index (χ0v) is 9.96. The molecule has 0 saturated carbocycles. The van der Waals surface area contributed by atoms with Crippen LogP contribution in [-0.4, -0.2) is 10.8 Å². The molecular weight excluding hydrogens is 200 g/mol. The van der Waals surface area contributed by atoms with Gasteiger partial charge in [0.2, 0.25) is 0 Å². The third kappa shape index (κ3) is 1.07. The van der Waals surface area contributed by atoms with E-state index in [1.807, 2.05) is 33.8 Å². The molecule has 3 nitrogen and oxygen atoms in total. The summed E-state index contributed by atoms with van der Waals surface area (Å²) in [5, 5.41) is 8.81. The molecule has 3 heteroatoms. The smallest absolute Gasteiger partial charge is 0.171 e. The molecule has 1 heterocycles. The zero-order chi connectivity index (χ0) is 12.1. The minimum Gasteiger partial charge on any atom is -0.293 e. The summed E-state index contributed by atoms with van der Waals surface area (Å²) < 4.78 is 0. The first kappa shape index (κ1) is 10.8. The number of nitrogens with zero attached hydrogens (tertiary/aromatic N) is 2. The normalized spacial score (nSPS) is 20.3. The summed E-state index contributed by atoms with van der Waals surface area (Å²) in [5.41, 5.74) is 1.11. The molecule has 82 valence electrons. The van der Waals surface area contributed by atoms with Gasteiger partial charge in [-0.05, 0) is 6.07 Å². The molecule has 0 aromatic carbocycles. The predicted octanol–water partition coefficient (Wildman–Crippen LogP) is 2.45. The Morgan fingerprint density at radius 1 is 1.25 bits per heavy atom. The van der Waals surface area contributed by atoms with Gasteiger partial charge in [-0.15, -0.1) is 0 Å². The molecule has 0 radical (unpaired) electrons. The fourth-order valence-electron chi connectivity index (χ4n) is 2.11. The number of pyridine rings is 1. The molecule has 0 unspecified atom stereocenters. The first-order valence-corrected chi connectivity index (χ1v) is 5.28. The van der Waals surface area contributed by atoms with Gasteiger partial charge in [-0.2, -0.15) is 5.26 Å². The monoisotopic (exact) mass is 214 g/mol. The summed E-state index contributed by atoms with van der Waals surface area (Å²) >= 11 is 0. The van der Waals surface area contributed by atoms with E-state index < -0.39 is 5.41 Å². The molecule has 1 aromatic heterocycles. The maximum atomic E-state index is 12.3. The van der Waals surface area contributed by atoms with Crippen LogP contribution in [0.3, 0.4) is 0 Å². The van der Waals surface area contributed by atoms with Crippen LogP contribution in [0.2, 0.25) is 0 Å². The van der Waals surface area contributed by atoms with Gasteiger partial charge in [0.1, 0.15) is 6.07 Å². The molecule has 0 saturated heterocycles. The Kier molecular flexibility index (Phi) is 1.97. The second kappa shape index (κ2) is 2.91. The summed E-state index contributed by atoms with van der Waals surface area (Å²) in [6.45, 7) is 7.91. The van der Waals surface area contributed by atoms with Gasteiger partial charge < -0.3 is 0 Å². The Hall–Kier alpha value is -1.69. The van der Waals surface area contributed by atoms with Crippen molar-refractivity contribution in [1.29, 1.82) is 5.26 Å². The second-order valence-electron chi connectivity index (χ2n) is 5.31. The van der Waals surface area contributed by atoms with Gasteiger partial charge in [-0.25, -0.2) is 0 Å². The second-order valence-corrected chi connectivity index (χ2v) is 5.31. The number of carbonyl (C=O) groups is 1. The standard InChI is InChI=1S/C13H14N2O/c1-12(2)10-9(11(16)13(12,3)4)5-8(6-14)7-15-10/h5,7H,1-4H3. The van der Waals surface area contributed by atoms with E-state index in [1.165, 1.54) is 6.20 Å². The zero-order valence-electron chi connectivity index (χ0n) is 9.96. The van der Waals surface area contributed by atoms with Crippen molar-refractivity contribution in [2.75, 3.05) is 0 Å². The lowest BCUT2D eigenvalue weighted by molar-refractivity contribution is 0.0777. The van der Waals surface area contributed by atoms with E-state index in [0.717, 1.165) is 5.69 Å². The Morgan fingerprint density at radius 2 is 1.88 bits per heavy atom. The fourth-order valence-corrected chi connectivity index (χ4v) is 2.11. The van der Waals surface area contributed by atoms with Crippen LogP contribution < -0.4 is 0 Å². The molecule has 16 heavy (non-hydrogen) atoms. The Morgan fingerprint density at radius 3 is 2.44 bits per heavy atom. The highest BCUT2D eigenvalue weighted by molar-refractivity contribution is 6.05. The van der Waals surface area contributed by atoms with Gasteiger partial charge in [0.05, 0.1) is 11.3 Å². The van der Waals surface area contributed by atoms with Gasteiger partial charge in [0.25, 0.3) is 0 Å². The highest BCUT2D eigenvalue weighted by Crippen LogP contribution is 2.50. The number of rotatable bonds is 0. The summed E-state index contributed by atoms with van der Waals surface area (Å²) in [7, 11) is 0. The van der Waals surface area contributed by atoms with Crippen LogP contribution in [0, 0.1) is 16.7 Å². The maximum absolute atomic E-state index is 12.3. The summed E-state index contributed by atoms with van der Waals surface area (Å²) in [6.07, 6.45) is 1.54. The Balaban J connectivity index is 2.74. The fraction of sp³-hybridized carbons (Fsp3) is 0.462. The number of nitriles is 1. The quantitative estimate of drug-likeness (QED) is 0.666. The van der Waals surface area contributed by atoms with Crippen molar-refractivity contribution in [2.45, 2.75) is 33.1 Å². The Bertz CT molecular complexity index is 521. The molecule has 0 spiro atoms. The van der Waals surface area contributed by atoms with Crippen molar-refractivity contribution in [3.05, 3.63) is 29.1 Å². The third-order valence-corrected chi connectivity index (χ3v) is 3.98. The van der Waals surface area contributed by atoms with Crippen molar-refractivity contribution in [1.82, 2.24) is 4.98 Å². The number of carbonyl (C=O) groups excluding carboxylic acids is 1.